The van der Waals surface area contributed by atoms with E-state index in [0.717, 1.165) is 0 Å². The van der Waals surface area contributed by atoms with Gasteiger partial charge in [0.25, 0.3) is 5.69 Å². The first-order valence-corrected chi connectivity index (χ1v) is 7.82. The van der Waals surface area contributed by atoms with Crippen molar-refractivity contribution in [1.82, 2.24) is 0 Å². The van der Waals surface area contributed by atoms with Crippen LogP contribution in [0.15, 0.2) is 30.3 Å². The van der Waals surface area contributed by atoms with Crippen molar-refractivity contribution >= 4 is 11.5 Å². The van der Waals surface area contributed by atoms with Crippen molar-refractivity contribution in [3.63, 3.8) is 0 Å². The van der Waals surface area contributed by atoms with Crippen LogP contribution in [0.1, 0.15) is 28.4 Å². The van der Waals surface area contributed by atoms with Crippen molar-refractivity contribution in [1.29, 1.82) is 0 Å². The van der Waals surface area contributed by atoms with Crippen LogP contribution < -0.4 is 14.2 Å². The number of carbonyl (C=O) groups is 1. The van der Waals surface area contributed by atoms with Crippen LogP contribution in [0, 0.1) is 10.1 Å². The van der Waals surface area contributed by atoms with Gasteiger partial charge >= 0.3 is 0 Å². The maximum absolute atomic E-state index is 11.5. The van der Waals surface area contributed by atoms with Crippen LogP contribution in [-0.2, 0) is 18.0 Å². The predicted molar refractivity (Wildman–Crippen MR) is 90.7 cm³/mol. The molecule has 3 rings (SSSR count). The quantitative estimate of drug-likeness (QED) is 0.443. The number of ether oxygens (including phenoxy) is 4. The van der Waals surface area contributed by atoms with Gasteiger partial charge in [0, 0.05) is 28.8 Å². The maximum Gasteiger partial charge on any atom is 0.270 e. The van der Waals surface area contributed by atoms with Gasteiger partial charge in [-0.25, -0.2) is 0 Å². The average molecular weight is 359 g/mol. The Balaban J connectivity index is 1.89. The highest BCUT2D eigenvalue weighted by Crippen LogP contribution is 2.35. The first kappa shape index (κ1) is 17.7. The zero-order valence-corrected chi connectivity index (χ0v) is 14.3. The number of rotatable bonds is 6. The third-order valence-electron chi connectivity index (χ3n) is 3.94. The summed E-state index contributed by atoms with van der Waals surface area (Å²) < 4.78 is 21.7. The second kappa shape index (κ2) is 7.40. The van der Waals surface area contributed by atoms with Gasteiger partial charge in [0.2, 0.25) is 0 Å². The Morgan fingerprint density at radius 1 is 1.27 bits per heavy atom. The first-order valence-electron chi connectivity index (χ1n) is 7.82. The second-order valence-electron chi connectivity index (χ2n) is 5.67. The zero-order chi connectivity index (χ0) is 18.7. The number of ketones is 1. The summed E-state index contributed by atoms with van der Waals surface area (Å²) in [5.74, 6) is 1.27. The summed E-state index contributed by atoms with van der Waals surface area (Å²) in [5.41, 5.74) is 1.58. The van der Waals surface area contributed by atoms with Crippen LogP contribution in [0.25, 0.3) is 0 Å². The van der Waals surface area contributed by atoms with Gasteiger partial charge in [-0.15, -0.1) is 0 Å². The number of methoxy groups -OCH3 is 1. The van der Waals surface area contributed by atoms with E-state index in [1.54, 1.807) is 18.2 Å². The van der Waals surface area contributed by atoms with Crippen molar-refractivity contribution in [2.75, 3.05) is 13.9 Å². The van der Waals surface area contributed by atoms with Gasteiger partial charge in [-0.3, -0.25) is 14.9 Å². The lowest BCUT2D eigenvalue weighted by Crippen LogP contribution is -2.14. The number of nitro groups is 1. The van der Waals surface area contributed by atoms with Crippen LogP contribution in [0.4, 0.5) is 5.69 Å². The van der Waals surface area contributed by atoms with Gasteiger partial charge in [-0.05, 0) is 25.1 Å². The smallest absolute Gasteiger partial charge is 0.270 e. The molecule has 0 fully saturated rings. The Kier molecular flexibility index (Phi) is 5.04. The van der Waals surface area contributed by atoms with Crippen molar-refractivity contribution in [2.24, 2.45) is 0 Å². The molecule has 0 atom stereocenters. The van der Waals surface area contributed by atoms with E-state index in [2.05, 4.69) is 0 Å². The van der Waals surface area contributed by atoms with Crippen LogP contribution >= 0.6 is 0 Å². The molecule has 136 valence electrons. The molecule has 0 aromatic heterocycles. The Bertz CT molecular complexity index is 863. The van der Waals surface area contributed by atoms with E-state index in [0.29, 0.717) is 33.9 Å². The number of nitrogens with zero attached hydrogens (tertiary/aromatic N) is 1. The standard InChI is InChI=1S/C18H17NO7/c1-11(20)12-3-4-16(17(7-12)23-2)25-9-14-6-15(19(21)22)5-13-8-24-10-26-18(13)14/h3-7H,8-10H2,1-2H3. The van der Waals surface area contributed by atoms with Gasteiger partial charge in [-0.2, -0.15) is 0 Å². The number of benzene rings is 2. The number of fused-ring (bicyclic) bond motifs is 1. The van der Waals surface area contributed by atoms with E-state index in [1.165, 1.54) is 26.2 Å². The van der Waals surface area contributed by atoms with Gasteiger partial charge in [0.15, 0.2) is 24.1 Å². The van der Waals surface area contributed by atoms with E-state index in [1.807, 2.05) is 0 Å². The minimum atomic E-state index is -0.472. The molecule has 0 aliphatic carbocycles. The van der Waals surface area contributed by atoms with Crippen LogP contribution in [0.2, 0.25) is 0 Å². The van der Waals surface area contributed by atoms with Crippen molar-refractivity contribution in [3.8, 4) is 17.2 Å². The second-order valence-corrected chi connectivity index (χ2v) is 5.67. The third-order valence-corrected chi connectivity index (χ3v) is 3.94. The molecule has 0 saturated heterocycles. The molecule has 1 aliphatic heterocycles. The maximum atomic E-state index is 11.5. The summed E-state index contributed by atoms with van der Waals surface area (Å²) in [4.78, 5) is 22.2. The van der Waals surface area contributed by atoms with Crippen LogP contribution in [-0.4, -0.2) is 24.6 Å². The van der Waals surface area contributed by atoms with Gasteiger partial charge < -0.3 is 18.9 Å². The molecule has 2 aromatic carbocycles. The minimum Gasteiger partial charge on any atom is -0.493 e. The fourth-order valence-corrected chi connectivity index (χ4v) is 2.65. The SMILES string of the molecule is COc1cc(C(C)=O)ccc1OCc1cc([N+](=O)[O-])cc2c1OCOC2. The fraction of sp³-hybridized carbons (Fsp3) is 0.278. The molecule has 0 saturated carbocycles. The van der Waals surface area contributed by atoms with E-state index in [9.17, 15) is 14.9 Å². The average Bonchev–Trinajstić information content (AvgIpc) is 2.65. The number of non-ortho nitro benzene ring substituents is 1. The largest absolute Gasteiger partial charge is 0.493 e. The molecule has 8 nitrogen and oxygen atoms in total. The Morgan fingerprint density at radius 3 is 2.77 bits per heavy atom. The first-order chi connectivity index (χ1) is 12.5. The number of nitro benzene ring substituents is 1. The van der Waals surface area contributed by atoms with Crippen molar-refractivity contribution in [2.45, 2.75) is 20.1 Å². The van der Waals surface area contributed by atoms with Crippen molar-refractivity contribution in [3.05, 3.63) is 57.1 Å². The highest BCUT2D eigenvalue weighted by atomic mass is 16.7. The minimum absolute atomic E-state index is 0.0415. The molecule has 1 heterocycles. The topological polar surface area (TPSA) is 97.1 Å². The molecule has 0 spiro atoms. The van der Waals surface area contributed by atoms with Crippen molar-refractivity contribution < 1.29 is 28.7 Å². The Labute approximate surface area is 149 Å². The third kappa shape index (κ3) is 3.60. The summed E-state index contributed by atoms with van der Waals surface area (Å²) in [7, 11) is 1.47. The number of hydrogen-bond acceptors (Lipinski definition) is 7. The van der Waals surface area contributed by atoms with Crippen LogP contribution in [0.5, 0.6) is 17.2 Å². The lowest BCUT2D eigenvalue weighted by Gasteiger charge is -2.21. The van der Waals surface area contributed by atoms with Gasteiger partial charge in [0.1, 0.15) is 12.4 Å². The van der Waals surface area contributed by atoms with E-state index in [-0.39, 0.29) is 31.5 Å². The summed E-state index contributed by atoms with van der Waals surface area (Å²) in [6.45, 7) is 1.82. The van der Waals surface area contributed by atoms with Gasteiger partial charge in [0.05, 0.1) is 18.6 Å². The number of hydrogen-bond donors (Lipinski definition) is 0. The normalized spacial score (nSPS) is 12.7. The highest BCUT2D eigenvalue weighted by Gasteiger charge is 2.21. The molecule has 0 bridgehead atoms. The lowest BCUT2D eigenvalue weighted by atomic mass is 10.1. The molecule has 26 heavy (non-hydrogen) atoms. The molecule has 8 heteroatoms. The molecule has 0 radical (unpaired) electrons. The molecular weight excluding hydrogens is 342 g/mol. The molecule has 0 amide bonds. The van der Waals surface area contributed by atoms with Crippen LogP contribution in [0.3, 0.4) is 0 Å². The zero-order valence-electron chi connectivity index (χ0n) is 14.3. The predicted octanol–water partition coefficient (Wildman–Crippen LogP) is 3.25. The van der Waals surface area contributed by atoms with E-state index in [4.69, 9.17) is 18.9 Å². The molecule has 0 unspecified atom stereocenters. The monoisotopic (exact) mass is 359 g/mol. The number of Topliss-reactive ketones (excluding diaryl/α,β-unsaturated/α-hetero) is 1. The van der Waals surface area contributed by atoms with Gasteiger partial charge in [-0.1, -0.05) is 0 Å². The summed E-state index contributed by atoms with van der Waals surface area (Å²) in [6.07, 6.45) is 0. The Hall–Kier alpha value is -3.13. The van der Waals surface area contributed by atoms with E-state index >= 15 is 0 Å². The highest BCUT2D eigenvalue weighted by molar-refractivity contribution is 5.94. The Morgan fingerprint density at radius 2 is 2.08 bits per heavy atom. The summed E-state index contributed by atoms with van der Waals surface area (Å²) in [5, 5.41) is 11.1. The fourth-order valence-electron chi connectivity index (χ4n) is 2.65. The lowest BCUT2D eigenvalue weighted by molar-refractivity contribution is -0.385. The summed E-state index contributed by atoms with van der Waals surface area (Å²) in [6, 6.07) is 7.70. The molecule has 2 aromatic rings. The number of carbonyl (C=O) groups excluding carboxylic acids is 1. The molecule has 0 N–H and O–H groups in total. The molecular formula is C18H17NO7. The van der Waals surface area contributed by atoms with E-state index < -0.39 is 4.92 Å². The summed E-state index contributed by atoms with van der Waals surface area (Å²) >= 11 is 0. The molecule has 1 aliphatic rings.